The van der Waals surface area contributed by atoms with E-state index in [4.69, 9.17) is 5.73 Å². The smallest absolute Gasteiger partial charge is 0.0307 e. The largest absolute Gasteiger partial charge is 0.324 e. The zero-order valence-corrected chi connectivity index (χ0v) is 13.4. The van der Waals surface area contributed by atoms with E-state index in [1.165, 1.54) is 62.7 Å². The van der Waals surface area contributed by atoms with Crippen LogP contribution in [-0.4, -0.2) is 24.0 Å². The summed E-state index contributed by atoms with van der Waals surface area (Å²) in [4.78, 5) is 2.75. The zero-order valence-electron chi connectivity index (χ0n) is 13.4. The number of nitrogens with zero attached hydrogens (tertiary/aromatic N) is 1. The van der Waals surface area contributed by atoms with Crippen molar-refractivity contribution in [3.05, 3.63) is 35.4 Å². The van der Waals surface area contributed by atoms with Gasteiger partial charge < -0.3 is 10.6 Å². The van der Waals surface area contributed by atoms with Gasteiger partial charge in [-0.25, -0.2) is 0 Å². The summed E-state index contributed by atoms with van der Waals surface area (Å²) in [6.45, 7) is 4.60. The molecule has 0 amide bonds. The molecule has 2 nitrogen and oxygen atoms in total. The highest BCUT2D eigenvalue weighted by Gasteiger charge is 2.32. The molecular formula is C19H30N2. The topological polar surface area (TPSA) is 29.3 Å². The summed E-state index contributed by atoms with van der Waals surface area (Å²) >= 11 is 0. The van der Waals surface area contributed by atoms with Crippen LogP contribution in [0.1, 0.15) is 62.1 Å². The van der Waals surface area contributed by atoms with Gasteiger partial charge in [-0.05, 0) is 57.1 Å². The van der Waals surface area contributed by atoms with E-state index in [0.717, 1.165) is 18.4 Å². The summed E-state index contributed by atoms with van der Waals surface area (Å²) in [5.41, 5.74) is 9.01. The van der Waals surface area contributed by atoms with Crippen LogP contribution in [0, 0.1) is 12.8 Å². The van der Waals surface area contributed by atoms with Crippen LogP contribution in [0.15, 0.2) is 24.3 Å². The van der Waals surface area contributed by atoms with Crippen molar-refractivity contribution in [1.82, 2.24) is 4.90 Å². The maximum Gasteiger partial charge on any atom is 0.0307 e. The summed E-state index contributed by atoms with van der Waals surface area (Å²) in [7, 11) is 0. The van der Waals surface area contributed by atoms with E-state index < -0.39 is 0 Å². The number of piperidine rings is 1. The highest BCUT2D eigenvalue weighted by atomic mass is 15.2. The van der Waals surface area contributed by atoms with E-state index in [2.05, 4.69) is 36.1 Å². The van der Waals surface area contributed by atoms with Crippen LogP contribution in [0.3, 0.4) is 0 Å². The summed E-state index contributed by atoms with van der Waals surface area (Å²) in [5, 5.41) is 0. The van der Waals surface area contributed by atoms with E-state index >= 15 is 0 Å². The van der Waals surface area contributed by atoms with E-state index in [-0.39, 0.29) is 6.04 Å². The molecule has 0 spiro atoms. The average molecular weight is 286 g/mol. The van der Waals surface area contributed by atoms with Gasteiger partial charge in [-0.3, -0.25) is 0 Å². The number of hydrogen-bond donors (Lipinski definition) is 1. The van der Waals surface area contributed by atoms with E-state index in [0.29, 0.717) is 0 Å². The Kier molecular flexibility index (Phi) is 4.97. The number of benzene rings is 1. The van der Waals surface area contributed by atoms with Crippen LogP contribution in [0.2, 0.25) is 0 Å². The molecule has 2 fully saturated rings. The third-order valence-corrected chi connectivity index (χ3v) is 5.59. The van der Waals surface area contributed by atoms with E-state index in [9.17, 15) is 0 Å². The van der Waals surface area contributed by atoms with Gasteiger partial charge in [-0.15, -0.1) is 0 Å². The second-order valence-electron chi connectivity index (χ2n) is 7.10. The van der Waals surface area contributed by atoms with Crippen LogP contribution < -0.4 is 5.73 Å². The van der Waals surface area contributed by atoms with Crippen LogP contribution >= 0.6 is 0 Å². The first-order valence-electron chi connectivity index (χ1n) is 8.80. The van der Waals surface area contributed by atoms with Gasteiger partial charge in [0.05, 0.1) is 0 Å². The Hall–Kier alpha value is -0.860. The first-order chi connectivity index (χ1) is 10.2. The molecular weight excluding hydrogens is 256 g/mol. The quantitative estimate of drug-likeness (QED) is 0.905. The summed E-state index contributed by atoms with van der Waals surface area (Å²) in [6.07, 6.45) is 9.72. The molecule has 1 aliphatic carbocycles. The van der Waals surface area contributed by atoms with Crippen molar-refractivity contribution in [3.8, 4) is 0 Å². The number of likely N-dealkylation sites (tertiary alicyclic amines) is 1. The maximum absolute atomic E-state index is 6.40. The molecule has 1 aromatic carbocycles. The summed E-state index contributed by atoms with van der Waals surface area (Å²) < 4.78 is 0. The summed E-state index contributed by atoms with van der Waals surface area (Å²) in [5.74, 6) is 0.975. The van der Waals surface area contributed by atoms with Crippen molar-refractivity contribution in [2.75, 3.05) is 13.1 Å². The number of rotatable bonds is 4. The Morgan fingerprint density at radius 1 is 1.10 bits per heavy atom. The molecule has 1 aliphatic heterocycles. The van der Waals surface area contributed by atoms with Gasteiger partial charge >= 0.3 is 0 Å². The SMILES string of the molecule is Cc1ccc(C(N)CCN2CCC[C@H]3CCCC[C@H]32)cc1. The van der Waals surface area contributed by atoms with Crippen molar-refractivity contribution < 1.29 is 0 Å². The van der Waals surface area contributed by atoms with Gasteiger partial charge in [0, 0.05) is 18.6 Å². The highest BCUT2D eigenvalue weighted by Crippen LogP contribution is 2.35. The van der Waals surface area contributed by atoms with Gasteiger partial charge in [0.2, 0.25) is 0 Å². The molecule has 2 N–H and O–H groups in total. The third kappa shape index (κ3) is 3.67. The molecule has 1 saturated heterocycles. The first kappa shape index (κ1) is 15.1. The molecule has 3 rings (SSSR count). The fourth-order valence-corrected chi connectivity index (χ4v) is 4.29. The number of hydrogen-bond acceptors (Lipinski definition) is 2. The second kappa shape index (κ2) is 6.93. The molecule has 2 aliphatic rings. The Labute approximate surface area is 129 Å². The van der Waals surface area contributed by atoms with Crippen LogP contribution in [0.4, 0.5) is 0 Å². The maximum atomic E-state index is 6.40. The van der Waals surface area contributed by atoms with Crippen molar-refractivity contribution >= 4 is 0 Å². The molecule has 116 valence electrons. The fourth-order valence-electron chi connectivity index (χ4n) is 4.29. The van der Waals surface area contributed by atoms with E-state index in [1.54, 1.807) is 0 Å². The molecule has 2 heteroatoms. The third-order valence-electron chi connectivity index (χ3n) is 5.59. The number of nitrogens with two attached hydrogens (primary N) is 1. The Bertz CT molecular complexity index is 437. The first-order valence-corrected chi connectivity index (χ1v) is 8.80. The molecule has 0 aromatic heterocycles. The van der Waals surface area contributed by atoms with Gasteiger partial charge in [0.15, 0.2) is 0 Å². The van der Waals surface area contributed by atoms with Crippen LogP contribution in [0.25, 0.3) is 0 Å². The fraction of sp³-hybridized carbons (Fsp3) is 0.684. The highest BCUT2D eigenvalue weighted by molar-refractivity contribution is 5.23. The van der Waals surface area contributed by atoms with Crippen molar-refractivity contribution in [2.45, 2.75) is 64.0 Å². The van der Waals surface area contributed by atoms with Gasteiger partial charge in [-0.1, -0.05) is 42.7 Å². The standard InChI is InChI=1S/C19H30N2/c1-15-8-10-16(11-9-15)18(20)12-14-21-13-4-6-17-5-2-3-7-19(17)21/h8-11,17-19H,2-7,12-14,20H2,1H3/t17-,18?,19-/m1/s1. The molecule has 1 aromatic rings. The average Bonchev–Trinajstić information content (AvgIpc) is 2.53. The second-order valence-corrected chi connectivity index (χ2v) is 7.10. The molecule has 1 unspecified atom stereocenters. The Morgan fingerprint density at radius 3 is 2.62 bits per heavy atom. The zero-order chi connectivity index (χ0) is 14.7. The lowest BCUT2D eigenvalue weighted by molar-refractivity contribution is 0.0586. The minimum atomic E-state index is 0.189. The minimum absolute atomic E-state index is 0.189. The van der Waals surface area contributed by atoms with Gasteiger partial charge in [0.25, 0.3) is 0 Å². The van der Waals surface area contributed by atoms with Crippen molar-refractivity contribution in [1.29, 1.82) is 0 Å². The Morgan fingerprint density at radius 2 is 1.81 bits per heavy atom. The van der Waals surface area contributed by atoms with Crippen molar-refractivity contribution in [2.24, 2.45) is 11.7 Å². The normalized spacial score (nSPS) is 28.1. The monoisotopic (exact) mass is 286 g/mol. The molecule has 1 heterocycles. The molecule has 21 heavy (non-hydrogen) atoms. The van der Waals surface area contributed by atoms with Crippen LogP contribution in [0.5, 0.6) is 0 Å². The van der Waals surface area contributed by atoms with E-state index in [1.807, 2.05) is 0 Å². The lowest BCUT2D eigenvalue weighted by Gasteiger charge is -2.44. The van der Waals surface area contributed by atoms with Gasteiger partial charge in [-0.2, -0.15) is 0 Å². The molecule has 0 bridgehead atoms. The molecule has 1 saturated carbocycles. The lowest BCUT2D eigenvalue weighted by Crippen LogP contribution is -2.47. The predicted octanol–water partition coefficient (Wildman–Crippen LogP) is 4.04. The Balaban J connectivity index is 1.55. The lowest BCUT2D eigenvalue weighted by atomic mass is 9.78. The predicted molar refractivity (Wildman–Crippen MR) is 89.3 cm³/mol. The van der Waals surface area contributed by atoms with Gasteiger partial charge in [0.1, 0.15) is 0 Å². The molecule has 0 radical (unpaired) electrons. The van der Waals surface area contributed by atoms with Crippen LogP contribution in [-0.2, 0) is 0 Å². The minimum Gasteiger partial charge on any atom is -0.324 e. The molecule has 3 atom stereocenters. The summed E-state index contributed by atoms with van der Waals surface area (Å²) in [6, 6.07) is 9.78. The van der Waals surface area contributed by atoms with Crippen molar-refractivity contribution in [3.63, 3.8) is 0 Å². The number of fused-ring (bicyclic) bond motifs is 1. The number of aryl methyl sites for hydroxylation is 1.